The molecule has 0 aromatic rings. The van der Waals surface area contributed by atoms with Crippen molar-refractivity contribution in [2.45, 2.75) is 38.6 Å². The van der Waals surface area contributed by atoms with Gasteiger partial charge in [0.15, 0.2) is 0 Å². The zero-order valence-electron chi connectivity index (χ0n) is 6.72. The molecule has 0 fully saturated rings. The fourth-order valence-corrected chi connectivity index (χ4v) is 1.56. The van der Waals surface area contributed by atoms with Crippen LogP contribution in [0, 0.1) is 5.92 Å². The Bertz CT molecular complexity index is 118. The summed E-state index contributed by atoms with van der Waals surface area (Å²) in [5, 5.41) is 0. The molecule has 0 aliphatic heterocycles. The smallest absolute Gasteiger partial charge is 0.0105 e. The molecule has 0 bridgehead atoms. The largest absolute Gasteiger partial charge is 0.327 e. The minimum absolute atomic E-state index is 0.435. The molecule has 0 amide bonds. The zero-order valence-corrected chi connectivity index (χ0v) is 6.72. The summed E-state index contributed by atoms with van der Waals surface area (Å²) < 4.78 is 0. The van der Waals surface area contributed by atoms with Crippen LogP contribution < -0.4 is 5.73 Å². The average Bonchev–Trinajstić information content (AvgIpc) is 1.94. The lowest BCUT2D eigenvalue weighted by molar-refractivity contribution is 0.427. The summed E-state index contributed by atoms with van der Waals surface area (Å²) in [6.45, 7) is 2.22. The topological polar surface area (TPSA) is 26.0 Å². The highest BCUT2D eigenvalue weighted by Gasteiger charge is 2.15. The predicted molar refractivity (Wildman–Crippen MR) is 44.7 cm³/mol. The molecule has 2 unspecified atom stereocenters. The van der Waals surface area contributed by atoms with Gasteiger partial charge in [-0.3, -0.25) is 0 Å². The van der Waals surface area contributed by atoms with Crippen LogP contribution >= 0.6 is 0 Å². The Kier molecular flexibility index (Phi) is 2.94. The third-order valence-electron chi connectivity index (χ3n) is 2.22. The van der Waals surface area contributed by atoms with Gasteiger partial charge in [-0.15, -0.1) is 0 Å². The third-order valence-corrected chi connectivity index (χ3v) is 2.22. The molecule has 1 aliphatic rings. The third kappa shape index (κ3) is 1.84. The number of allylic oxidation sites excluding steroid dienone is 1. The Morgan fingerprint density at radius 2 is 2.40 bits per heavy atom. The molecule has 58 valence electrons. The van der Waals surface area contributed by atoms with Gasteiger partial charge in [-0.2, -0.15) is 0 Å². The van der Waals surface area contributed by atoms with E-state index in [4.69, 9.17) is 5.73 Å². The molecular formula is C9H17N. The molecule has 1 nitrogen and oxygen atoms in total. The fraction of sp³-hybridized carbons (Fsp3) is 0.778. The molecule has 0 aromatic carbocycles. The van der Waals surface area contributed by atoms with Crippen molar-refractivity contribution in [1.29, 1.82) is 0 Å². The van der Waals surface area contributed by atoms with Gasteiger partial charge in [-0.05, 0) is 25.2 Å². The summed E-state index contributed by atoms with van der Waals surface area (Å²) in [4.78, 5) is 0. The molecular weight excluding hydrogens is 122 g/mol. The van der Waals surface area contributed by atoms with Gasteiger partial charge in [-0.25, -0.2) is 0 Å². The summed E-state index contributed by atoms with van der Waals surface area (Å²) >= 11 is 0. The Morgan fingerprint density at radius 3 is 3.00 bits per heavy atom. The summed E-state index contributed by atoms with van der Waals surface area (Å²) in [6.07, 6.45) is 9.43. The SMILES string of the molecule is CCCC1C=CCCC1N. The van der Waals surface area contributed by atoms with Crippen LogP contribution in [0.3, 0.4) is 0 Å². The van der Waals surface area contributed by atoms with E-state index in [1.807, 2.05) is 0 Å². The van der Waals surface area contributed by atoms with E-state index in [1.54, 1.807) is 0 Å². The van der Waals surface area contributed by atoms with E-state index in [0.29, 0.717) is 12.0 Å². The molecule has 2 N–H and O–H groups in total. The Hall–Kier alpha value is -0.300. The molecule has 1 heteroatoms. The second-order valence-corrected chi connectivity index (χ2v) is 3.12. The summed E-state index contributed by atoms with van der Waals surface area (Å²) in [5.74, 6) is 0.666. The van der Waals surface area contributed by atoms with Gasteiger partial charge in [0, 0.05) is 6.04 Å². The lowest BCUT2D eigenvalue weighted by Gasteiger charge is -2.23. The molecule has 0 spiro atoms. The Balaban J connectivity index is 2.39. The van der Waals surface area contributed by atoms with Crippen molar-refractivity contribution >= 4 is 0 Å². The maximum atomic E-state index is 5.91. The zero-order chi connectivity index (χ0) is 7.40. The van der Waals surface area contributed by atoms with Crippen LogP contribution in [-0.2, 0) is 0 Å². The van der Waals surface area contributed by atoms with Crippen LogP contribution in [0.2, 0.25) is 0 Å². The average molecular weight is 139 g/mol. The first-order valence-electron chi connectivity index (χ1n) is 4.27. The van der Waals surface area contributed by atoms with Crippen molar-refractivity contribution in [3.05, 3.63) is 12.2 Å². The molecule has 0 saturated carbocycles. The Labute approximate surface area is 63.3 Å². The van der Waals surface area contributed by atoms with Crippen molar-refractivity contribution in [3.8, 4) is 0 Å². The maximum Gasteiger partial charge on any atom is 0.0105 e. The molecule has 0 radical (unpaired) electrons. The van der Waals surface area contributed by atoms with Crippen LogP contribution in [0.15, 0.2) is 12.2 Å². The van der Waals surface area contributed by atoms with Crippen LogP contribution in [0.5, 0.6) is 0 Å². The van der Waals surface area contributed by atoms with E-state index in [9.17, 15) is 0 Å². The van der Waals surface area contributed by atoms with Gasteiger partial charge in [0.2, 0.25) is 0 Å². The van der Waals surface area contributed by atoms with Crippen molar-refractivity contribution in [2.24, 2.45) is 11.7 Å². The van der Waals surface area contributed by atoms with E-state index in [-0.39, 0.29) is 0 Å². The number of hydrogen-bond donors (Lipinski definition) is 1. The van der Waals surface area contributed by atoms with Crippen LogP contribution in [0.1, 0.15) is 32.6 Å². The molecule has 2 atom stereocenters. The minimum atomic E-state index is 0.435. The number of rotatable bonds is 2. The van der Waals surface area contributed by atoms with E-state index >= 15 is 0 Å². The number of nitrogens with two attached hydrogens (primary N) is 1. The maximum absolute atomic E-state index is 5.91. The van der Waals surface area contributed by atoms with E-state index in [2.05, 4.69) is 19.1 Å². The Morgan fingerprint density at radius 1 is 1.60 bits per heavy atom. The van der Waals surface area contributed by atoms with Crippen molar-refractivity contribution in [3.63, 3.8) is 0 Å². The van der Waals surface area contributed by atoms with E-state index in [0.717, 1.165) is 0 Å². The highest BCUT2D eigenvalue weighted by Crippen LogP contribution is 2.20. The molecule has 1 aliphatic carbocycles. The second kappa shape index (κ2) is 3.77. The van der Waals surface area contributed by atoms with Gasteiger partial charge in [0.1, 0.15) is 0 Å². The van der Waals surface area contributed by atoms with Gasteiger partial charge in [0.05, 0.1) is 0 Å². The number of hydrogen-bond acceptors (Lipinski definition) is 1. The van der Waals surface area contributed by atoms with E-state index in [1.165, 1.54) is 25.7 Å². The van der Waals surface area contributed by atoms with Gasteiger partial charge >= 0.3 is 0 Å². The monoisotopic (exact) mass is 139 g/mol. The fourth-order valence-electron chi connectivity index (χ4n) is 1.56. The predicted octanol–water partition coefficient (Wildman–Crippen LogP) is 2.08. The highest BCUT2D eigenvalue weighted by atomic mass is 14.6. The second-order valence-electron chi connectivity index (χ2n) is 3.12. The molecule has 0 saturated heterocycles. The molecule has 0 heterocycles. The lowest BCUT2D eigenvalue weighted by Crippen LogP contribution is -2.30. The normalized spacial score (nSPS) is 32.6. The quantitative estimate of drug-likeness (QED) is 0.582. The standard InChI is InChI=1S/C9H17N/c1-2-5-8-6-3-4-7-9(8)10/h3,6,8-9H,2,4-5,7,10H2,1H3. The lowest BCUT2D eigenvalue weighted by atomic mass is 9.88. The summed E-state index contributed by atoms with van der Waals surface area (Å²) in [6, 6.07) is 0.435. The van der Waals surface area contributed by atoms with Crippen LogP contribution in [0.25, 0.3) is 0 Å². The first-order chi connectivity index (χ1) is 4.84. The van der Waals surface area contributed by atoms with Crippen LogP contribution in [-0.4, -0.2) is 6.04 Å². The van der Waals surface area contributed by atoms with Crippen molar-refractivity contribution in [2.75, 3.05) is 0 Å². The van der Waals surface area contributed by atoms with Crippen LogP contribution in [0.4, 0.5) is 0 Å². The van der Waals surface area contributed by atoms with Gasteiger partial charge in [-0.1, -0.05) is 25.5 Å². The molecule has 10 heavy (non-hydrogen) atoms. The first-order valence-corrected chi connectivity index (χ1v) is 4.27. The molecule has 0 aromatic heterocycles. The van der Waals surface area contributed by atoms with Crippen molar-refractivity contribution in [1.82, 2.24) is 0 Å². The van der Waals surface area contributed by atoms with Gasteiger partial charge < -0.3 is 5.73 Å². The van der Waals surface area contributed by atoms with E-state index < -0.39 is 0 Å². The minimum Gasteiger partial charge on any atom is -0.327 e. The first kappa shape index (κ1) is 7.80. The van der Waals surface area contributed by atoms with Gasteiger partial charge in [0.25, 0.3) is 0 Å². The van der Waals surface area contributed by atoms with Crippen molar-refractivity contribution < 1.29 is 0 Å². The summed E-state index contributed by atoms with van der Waals surface area (Å²) in [7, 11) is 0. The highest BCUT2D eigenvalue weighted by molar-refractivity contribution is 4.98. The molecule has 1 rings (SSSR count). The summed E-state index contributed by atoms with van der Waals surface area (Å²) in [5.41, 5.74) is 5.91.